The summed E-state index contributed by atoms with van der Waals surface area (Å²) in [6.45, 7) is 2.67. The van der Waals surface area contributed by atoms with E-state index < -0.39 is 9.84 Å². The van der Waals surface area contributed by atoms with E-state index in [0.717, 1.165) is 17.3 Å². The molecule has 6 nitrogen and oxygen atoms in total. The van der Waals surface area contributed by atoms with Crippen molar-refractivity contribution in [3.63, 3.8) is 0 Å². The van der Waals surface area contributed by atoms with Gasteiger partial charge in [0.15, 0.2) is 15.0 Å². The van der Waals surface area contributed by atoms with Crippen LogP contribution in [0.2, 0.25) is 0 Å². The molecule has 2 N–H and O–H groups in total. The van der Waals surface area contributed by atoms with Crippen molar-refractivity contribution < 1.29 is 13.2 Å². The quantitative estimate of drug-likeness (QED) is 0.754. The third-order valence-electron chi connectivity index (χ3n) is 4.80. The number of carbonyl (C=O) groups excluding carboxylic acids is 1. The molecule has 1 amide bonds. The first kappa shape index (κ1) is 19.5. The molecule has 0 saturated carbocycles. The standard InChI is InChI=1S/C19H21N3O3S3/c1-12-6-8-26-16(12)5-7-20-18(23)13-3-2-4-14(9-13)21-19-22-15-10-28(24,25)11-17(15)27-19/h2-4,6,8-9,15,17H,5,7,10-11H2,1H3,(H,20,23)(H,21,22)/t15-,17+/m0/s1. The van der Waals surface area contributed by atoms with E-state index in [1.165, 1.54) is 22.2 Å². The Morgan fingerprint density at radius 1 is 1.29 bits per heavy atom. The minimum absolute atomic E-state index is 0.000287. The zero-order chi connectivity index (χ0) is 19.7. The Hall–Kier alpha value is -1.84. The molecule has 4 rings (SSSR count). The van der Waals surface area contributed by atoms with Crippen molar-refractivity contribution >= 4 is 49.7 Å². The molecule has 9 heteroatoms. The largest absolute Gasteiger partial charge is 0.352 e. The second kappa shape index (κ2) is 7.88. The second-order valence-electron chi connectivity index (χ2n) is 6.97. The average Bonchev–Trinajstić information content (AvgIpc) is 3.27. The van der Waals surface area contributed by atoms with Gasteiger partial charge in [0.2, 0.25) is 0 Å². The third kappa shape index (κ3) is 4.42. The first-order valence-electron chi connectivity index (χ1n) is 9.03. The van der Waals surface area contributed by atoms with Gasteiger partial charge in [-0.2, -0.15) is 0 Å². The molecular weight excluding hydrogens is 414 g/mol. The van der Waals surface area contributed by atoms with Gasteiger partial charge in [0.25, 0.3) is 5.91 Å². The highest BCUT2D eigenvalue weighted by molar-refractivity contribution is 8.15. The lowest BCUT2D eigenvalue weighted by molar-refractivity contribution is 0.0954. The van der Waals surface area contributed by atoms with Gasteiger partial charge >= 0.3 is 0 Å². The van der Waals surface area contributed by atoms with Gasteiger partial charge in [0.1, 0.15) is 0 Å². The number of thiophene rings is 1. The Balaban J connectivity index is 1.34. The molecule has 0 spiro atoms. The van der Waals surface area contributed by atoms with Crippen LogP contribution in [0.3, 0.4) is 0 Å². The van der Waals surface area contributed by atoms with Gasteiger partial charge in [0.05, 0.1) is 17.5 Å². The number of amides is 1. The Labute approximate surface area is 172 Å². The molecule has 2 atom stereocenters. The summed E-state index contributed by atoms with van der Waals surface area (Å²) in [6, 6.07) is 9.20. The van der Waals surface area contributed by atoms with E-state index in [1.807, 2.05) is 12.1 Å². The minimum atomic E-state index is -2.96. The zero-order valence-electron chi connectivity index (χ0n) is 15.3. The predicted molar refractivity (Wildman–Crippen MR) is 116 cm³/mol. The molecule has 2 aliphatic heterocycles. The van der Waals surface area contributed by atoms with E-state index in [0.29, 0.717) is 12.1 Å². The van der Waals surface area contributed by atoms with Gasteiger partial charge in [-0.05, 0) is 48.6 Å². The molecule has 0 radical (unpaired) electrons. The van der Waals surface area contributed by atoms with Crippen molar-refractivity contribution in [3.05, 3.63) is 51.7 Å². The van der Waals surface area contributed by atoms with Gasteiger partial charge < -0.3 is 10.6 Å². The number of benzene rings is 1. The lowest BCUT2D eigenvalue weighted by atomic mass is 10.2. The molecule has 148 valence electrons. The van der Waals surface area contributed by atoms with E-state index in [2.05, 4.69) is 34.0 Å². The number of fused-ring (bicyclic) bond motifs is 1. The molecule has 1 aromatic carbocycles. The van der Waals surface area contributed by atoms with Crippen LogP contribution in [0.15, 0.2) is 40.7 Å². The number of carbonyl (C=O) groups is 1. The van der Waals surface area contributed by atoms with Crippen LogP contribution in [0.25, 0.3) is 0 Å². The van der Waals surface area contributed by atoms with Gasteiger partial charge in [-0.1, -0.05) is 17.8 Å². The number of hydrogen-bond acceptors (Lipinski definition) is 7. The van der Waals surface area contributed by atoms with Gasteiger partial charge in [0, 0.05) is 27.9 Å². The molecule has 1 aromatic heterocycles. The van der Waals surface area contributed by atoms with Crippen LogP contribution in [-0.4, -0.2) is 48.8 Å². The van der Waals surface area contributed by atoms with E-state index in [4.69, 9.17) is 0 Å². The number of aliphatic imine (C=N–C) groups is 1. The summed E-state index contributed by atoms with van der Waals surface area (Å²) in [7, 11) is -2.96. The highest BCUT2D eigenvalue weighted by atomic mass is 32.2. The molecule has 0 aliphatic carbocycles. The summed E-state index contributed by atoms with van der Waals surface area (Å²) in [6.07, 6.45) is 0.826. The number of thioether (sulfide) groups is 1. The molecule has 1 saturated heterocycles. The van der Waals surface area contributed by atoms with Gasteiger partial charge in [-0.3, -0.25) is 9.79 Å². The zero-order valence-corrected chi connectivity index (χ0v) is 17.8. The van der Waals surface area contributed by atoms with Crippen molar-refractivity contribution in [3.8, 4) is 0 Å². The number of amidine groups is 1. The average molecular weight is 436 g/mol. The van der Waals surface area contributed by atoms with Gasteiger partial charge in [-0.15, -0.1) is 11.3 Å². The molecular formula is C19H21N3O3S3. The summed E-state index contributed by atoms with van der Waals surface area (Å²) in [5.74, 6) is 0.201. The normalized spacial score (nSPS) is 22.5. The van der Waals surface area contributed by atoms with E-state index in [-0.39, 0.29) is 28.7 Å². The van der Waals surface area contributed by atoms with E-state index >= 15 is 0 Å². The summed E-state index contributed by atoms with van der Waals surface area (Å²) < 4.78 is 23.3. The fourth-order valence-corrected chi connectivity index (χ4v) is 7.92. The lowest BCUT2D eigenvalue weighted by Crippen LogP contribution is -2.25. The Morgan fingerprint density at radius 2 is 2.14 bits per heavy atom. The maximum Gasteiger partial charge on any atom is 0.251 e. The van der Waals surface area contributed by atoms with Crippen molar-refractivity contribution in [2.45, 2.75) is 24.6 Å². The molecule has 1 fully saturated rings. The smallest absolute Gasteiger partial charge is 0.251 e. The van der Waals surface area contributed by atoms with Crippen molar-refractivity contribution in [1.29, 1.82) is 0 Å². The van der Waals surface area contributed by atoms with Crippen LogP contribution in [0, 0.1) is 6.92 Å². The number of aryl methyl sites for hydroxylation is 1. The molecule has 2 aromatic rings. The summed E-state index contributed by atoms with van der Waals surface area (Å²) in [5, 5.41) is 8.96. The van der Waals surface area contributed by atoms with Crippen molar-refractivity contribution in [1.82, 2.24) is 5.32 Å². The van der Waals surface area contributed by atoms with Crippen LogP contribution in [0.1, 0.15) is 20.8 Å². The Kier molecular flexibility index (Phi) is 5.48. The highest BCUT2D eigenvalue weighted by Crippen LogP contribution is 2.34. The van der Waals surface area contributed by atoms with Crippen molar-refractivity contribution in [2.75, 3.05) is 23.4 Å². The number of rotatable bonds is 5. The molecule has 0 bridgehead atoms. The number of nitrogens with one attached hydrogen (secondary N) is 2. The first-order chi connectivity index (χ1) is 13.4. The Bertz CT molecular complexity index is 1030. The molecule has 2 aliphatic rings. The maximum absolute atomic E-state index is 12.4. The fraction of sp³-hybridized carbons (Fsp3) is 0.368. The van der Waals surface area contributed by atoms with Crippen LogP contribution >= 0.6 is 23.1 Å². The van der Waals surface area contributed by atoms with Crippen LogP contribution in [0.4, 0.5) is 5.69 Å². The molecule has 0 unspecified atom stereocenters. The van der Waals surface area contributed by atoms with Crippen LogP contribution in [0.5, 0.6) is 0 Å². The first-order valence-corrected chi connectivity index (χ1v) is 12.6. The summed E-state index contributed by atoms with van der Waals surface area (Å²) in [4.78, 5) is 18.2. The van der Waals surface area contributed by atoms with Crippen molar-refractivity contribution in [2.24, 2.45) is 4.99 Å². The summed E-state index contributed by atoms with van der Waals surface area (Å²) in [5.41, 5.74) is 2.62. The minimum Gasteiger partial charge on any atom is -0.352 e. The third-order valence-corrected chi connectivity index (χ3v) is 9.02. The Morgan fingerprint density at radius 3 is 2.89 bits per heavy atom. The number of sulfone groups is 1. The second-order valence-corrected chi connectivity index (χ2v) is 11.4. The number of hydrogen-bond donors (Lipinski definition) is 2. The molecule has 28 heavy (non-hydrogen) atoms. The van der Waals surface area contributed by atoms with E-state index in [9.17, 15) is 13.2 Å². The monoisotopic (exact) mass is 435 g/mol. The van der Waals surface area contributed by atoms with Gasteiger partial charge in [-0.25, -0.2) is 8.42 Å². The van der Waals surface area contributed by atoms with Crippen LogP contribution in [-0.2, 0) is 16.3 Å². The van der Waals surface area contributed by atoms with Crippen LogP contribution < -0.4 is 10.6 Å². The highest BCUT2D eigenvalue weighted by Gasteiger charge is 2.42. The SMILES string of the molecule is Cc1ccsc1CCNC(=O)c1cccc(NC2=N[C@H]3CS(=O)(=O)C[C@H]3S2)c1. The maximum atomic E-state index is 12.4. The summed E-state index contributed by atoms with van der Waals surface area (Å²) >= 11 is 3.18. The number of nitrogens with zero attached hydrogens (tertiary/aromatic N) is 1. The number of anilines is 1. The topological polar surface area (TPSA) is 87.6 Å². The molecule has 3 heterocycles. The fourth-order valence-electron chi connectivity index (χ4n) is 3.33. The predicted octanol–water partition coefficient (Wildman–Crippen LogP) is 2.71. The van der Waals surface area contributed by atoms with E-state index in [1.54, 1.807) is 23.5 Å². The lowest BCUT2D eigenvalue weighted by Gasteiger charge is -2.09.